The van der Waals surface area contributed by atoms with Gasteiger partial charge in [-0.25, -0.2) is 0 Å². The number of rotatable bonds is 5. The molecule has 16 heavy (non-hydrogen) atoms. The van der Waals surface area contributed by atoms with Gasteiger partial charge in [-0.3, -0.25) is 4.79 Å². The number of hydrogen-bond acceptors (Lipinski definition) is 3. The number of benzene rings is 1. The molecule has 0 bridgehead atoms. The van der Waals surface area contributed by atoms with Crippen LogP contribution >= 0.6 is 0 Å². The third-order valence-corrected chi connectivity index (χ3v) is 2.37. The molecule has 0 aliphatic rings. The zero-order chi connectivity index (χ0) is 12.0. The minimum atomic E-state index is -0.314. The summed E-state index contributed by atoms with van der Waals surface area (Å²) in [6.45, 7) is 2.82. The van der Waals surface area contributed by atoms with Crippen LogP contribution in [0.2, 0.25) is 0 Å². The van der Waals surface area contributed by atoms with E-state index in [2.05, 4.69) is 5.32 Å². The molecule has 3 N–H and O–H groups in total. The van der Waals surface area contributed by atoms with Crippen molar-refractivity contribution in [2.24, 2.45) is 5.73 Å². The molecule has 0 fully saturated rings. The molecular weight excluding hydrogens is 204 g/mol. The maximum Gasteiger partial charge on any atom is 0.228 e. The molecule has 1 rings (SSSR count). The first-order valence-electron chi connectivity index (χ1n) is 5.37. The van der Waals surface area contributed by atoms with Gasteiger partial charge in [0.15, 0.2) is 0 Å². The van der Waals surface area contributed by atoms with E-state index in [9.17, 15) is 4.79 Å². The Balaban J connectivity index is 2.92. The number of nitrogens with one attached hydrogen (secondary N) is 1. The molecule has 0 saturated heterocycles. The fourth-order valence-corrected chi connectivity index (χ4v) is 1.56. The second-order valence-electron chi connectivity index (χ2n) is 3.41. The van der Waals surface area contributed by atoms with E-state index in [4.69, 9.17) is 10.5 Å². The molecular formula is C12H18N2O2. The van der Waals surface area contributed by atoms with Crippen molar-refractivity contribution in [2.75, 3.05) is 20.2 Å². The first kappa shape index (κ1) is 12.5. The second-order valence-corrected chi connectivity index (χ2v) is 3.41. The summed E-state index contributed by atoms with van der Waals surface area (Å²) in [7, 11) is 1.61. The average Bonchev–Trinajstić information content (AvgIpc) is 2.31. The van der Waals surface area contributed by atoms with Crippen molar-refractivity contribution >= 4 is 5.91 Å². The van der Waals surface area contributed by atoms with Gasteiger partial charge < -0.3 is 15.8 Å². The Hall–Kier alpha value is -1.55. The summed E-state index contributed by atoms with van der Waals surface area (Å²) in [6.07, 6.45) is 0. The number of carbonyl (C=O) groups is 1. The predicted octanol–water partition coefficient (Wildman–Crippen LogP) is 0.874. The summed E-state index contributed by atoms with van der Waals surface area (Å²) in [5.74, 6) is 0.379. The van der Waals surface area contributed by atoms with Crippen LogP contribution in [0.4, 0.5) is 0 Å². The number of amides is 1. The Kier molecular flexibility index (Phi) is 4.79. The fourth-order valence-electron chi connectivity index (χ4n) is 1.56. The number of likely N-dealkylation sites (N-methyl/N-ethyl adjacent to an activating group) is 1. The lowest BCUT2D eigenvalue weighted by molar-refractivity contribution is -0.121. The van der Waals surface area contributed by atoms with Crippen molar-refractivity contribution in [3.05, 3.63) is 29.8 Å². The Bertz CT molecular complexity index is 353. The molecule has 0 radical (unpaired) electrons. The van der Waals surface area contributed by atoms with Gasteiger partial charge in [0.1, 0.15) is 5.75 Å². The largest absolute Gasteiger partial charge is 0.494 e. The maximum atomic E-state index is 11.6. The zero-order valence-electron chi connectivity index (χ0n) is 9.69. The number of ether oxygens (including phenoxy) is 1. The third kappa shape index (κ3) is 2.97. The van der Waals surface area contributed by atoms with Crippen LogP contribution in [0.25, 0.3) is 0 Å². The van der Waals surface area contributed by atoms with Gasteiger partial charge >= 0.3 is 0 Å². The van der Waals surface area contributed by atoms with E-state index in [-0.39, 0.29) is 18.4 Å². The van der Waals surface area contributed by atoms with Crippen LogP contribution in [0, 0.1) is 0 Å². The van der Waals surface area contributed by atoms with Crippen LogP contribution in [-0.2, 0) is 4.79 Å². The van der Waals surface area contributed by atoms with Crippen molar-refractivity contribution in [1.82, 2.24) is 5.32 Å². The summed E-state index contributed by atoms with van der Waals surface area (Å²) in [4.78, 5) is 11.6. The van der Waals surface area contributed by atoms with Crippen LogP contribution in [0.1, 0.15) is 18.4 Å². The van der Waals surface area contributed by atoms with Crippen LogP contribution in [0.5, 0.6) is 5.75 Å². The van der Waals surface area contributed by atoms with E-state index < -0.39 is 0 Å². The highest BCUT2D eigenvalue weighted by atomic mass is 16.5. The molecule has 4 heteroatoms. The van der Waals surface area contributed by atoms with Crippen molar-refractivity contribution in [2.45, 2.75) is 12.8 Å². The fraction of sp³-hybridized carbons (Fsp3) is 0.417. The minimum absolute atomic E-state index is 0.0730. The molecule has 1 aromatic carbocycles. The normalized spacial score (nSPS) is 11.9. The molecule has 1 amide bonds. The molecule has 1 unspecified atom stereocenters. The summed E-state index contributed by atoms with van der Waals surface area (Å²) >= 11 is 0. The topological polar surface area (TPSA) is 64.3 Å². The summed E-state index contributed by atoms with van der Waals surface area (Å²) in [5.41, 5.74) is 6.49. The van der Waals surface area contributed by atoms with E-state index >= 15 is 0 Å². The first-order valence-corrected chi connectivity index (χ1v) is 5.37. The number of hydrogen-bond donors (Lipinski definition) is 2. The van der Waals surface area contributed by atoms with Crippen LogP contribution in [0.15, 0.2) is 24.3 Å². The van der Waals surface area contributed by atoms with Gasteiger partial charge in [0.05, 0.1) is 12.5 Å². The van der Waals surface area contributed by atoms with Gasteiger partial charge in [-0.1, -0.05) is 12.1 Å². The van der Waals surface area contributed by atoms with Gasteiger partial charge in [0.25, 0.3) is 0 Å². The lowest BCUT2D eigenvalue weighted by Crippen LogP contribution is -2.30. The highest BCUT2D eigenvalue weighted by Crippen LogP contribution is 2.20. The van der Waals surface area contributed by atoms with Crippen molar-refractivity contribution in [1.29, 1.82) is 0 Å². The van der Waals surface area contributed by atoms with E-state index in [1.807, 2.05) is 31.2 Å². The van der Waals surface area contributed by atoms with Crippen molar-refractivity contribution < 1.29 is 9.53 Å². The summed E-state index contributed by atoms with van der Waals surface area (Å²) in [5, 5.41) is 2.61. The monoisotopic (exact) mass is 222 g/mol. The Morgan fingerprint density at radius 2 is 2.31 bits per heavy atom. The minimum Gasteiger partial charge on any atom is -0.494 e. The molecule has 1 atom stereocenters. The summed E-state index contributed by atoms with van der Waals surface area (Å²) < 4.78 is 5.38. The second kappa shape index (κ2) is 6.12. The highest BCUT2D eigenvalue weighted by molar-refractivity contribution is 5.83. The van der Waals surface area contributed by atoms with Crippen LogP contribution in [-0.4, -0.2) is 26.1 Å². The average molecular weight is 222 g/mol. The maximum absolute atomic E-state index is 11.6. The molecule has 0 aromatic heterocycles. The van der Waals surface area contributed by atoms with Gasteiger partial charge in [-0.05, 0) is 24.6 Å². The lowest BCUT2D eigenvalue weighted by atomic mass is 9.98. The lowest BCUT2D eigenvalue weighted by Gasteiger charge is -2.14. The SMILES string of the molecule is CCOc1cccc(C(CN)C(=O)NC)c1. The Labute approximate surface area is 95.8 Å². The van der Waals surface area contributed by atoms with Crippen LogP contribution < -0.4 is 15.8 Å². The van der Waals surface area contributed by atoms with Gasteiger partial charge in [-0.15, -0.1) is 0 Å². The van der Waals surface area contributed by atoms with Gasteiger partial charge in [0, 0.05) is 13.6 Å². The van der Waals surface area contributed by atoms with Gasteiger partial charge in [-0.2, -0.15) is 0 Å². The van der Waals surface area contributed by atoms with E-state index in [1.165, 1.54) is 0 Å². The Morgan fingerprint density at radius 3 is 2.88 bits per heavy atom. The molecule has 4 nitrogen and oxygen atoms in total. The number of carbonyl (C=O) groups excluding carboxylic acids is 1. The molecule has 88 valence electrons. The summed E-state index contributed by atoms with van der Waals surface area (Å²) in [6, 6.07) is 7.47. The van der Waals surface area contributed by atoms with Crippen molar-refractivity contribution in [3.63, 3.8) is 0 Å². The third-order valence-electron chi connectivity index (χ3n) is 2.37. The van der Waals surface area contributed by atoms with E-state index in [0.29, 0.717) is 6.61 Å². The van der Waals surface area contributed by atoms with Crippen LogP contribution in [0.3, 0.4) is 0 Å². The standard InChI is InChI=1S/C12H18N2O2/c1-3-16-10-6-4-5-9(7-10)11(8-13)12(15)14-2/h4-7,11H,3,8,13H2,1-2H3,(H,14,15). The van der Waals surface area contributed by atoms with Crippen molar-refractivity contribution in [3.8, 4) is 5.75 Å². The van der Waals surface area contributed by atoms with Gasteiger partial charge in [0.2, 0.25) is 5.91 Å². The van der Waals surface area contributed by atoms with E-state index in [1.54, 1.807) is 7.05 Å². The molecule has 0 aliphatic heterocycles. The molecule has 0 heterocycles. The highest BCUT2D eigenvalue weighted by Gasteiger charge is 2.17. The molecule has 0 saturated carbocycles. The Morgan fingerprint density at radius 1 is 1.56 bits per heavy atom. The molecule has 1 aromatic rings. The number of nitrogens with two attached hydrogens (primary N) is 1. The predicted molar refractivity (Wildman–Crippen MR) is 63.5 cm³/mol. The molecule has 0 spiro atoms. The van der Waals surface area contributed by atoms with E-state index in [0.717, 1.165) is 11.3 Å². The molecule has 0 aliphatic carbocycles. The zero-order valence-corrected chi connectivity index (χ0v) is 9.69. The first-order chi connectivity index (χ1) is 7.72. The smallest absolute Gasteiger partial charge is 0.228 e. The quantitative estimate of drug-likeness (QED) is 0.777.